The number of benzene rings is 2. The van der Waals surface area contributed by atoms with Crippen molar-refractivity contribution in [2.24, 2.45) is 0 Å². The van der Waals surface area contributed by atoms with Crippen molar-refractivity contribution in [3.63, 3.8) is 0 Å². The highest BCUT2D eigenvalue weighted by Gasteiger charge is 2.19. The summed E-state index contributed by atoms with van der Waals surface area (Å²) in [6.07, 6.45) is 2.52. The van der Waals surface area contributed by atoms with E-state index in [-0.39, 0.29) is 10.9 Å². The molecule has 0 radical (unpaired) electrons. The van der Waals surface area contributed by atoms with Gasteiger partial charge < -0.3 is 9.47 Å². The zero-order chi connectivity index (χ0) is 15.0. The molecule has 1 atom stereocenters. The summed E-state index contributed by atoms with van der Waals surface area (Å²) in [4.78, 5) is 2.45. The lowest BCUT2D eigenvalue weighted by Gasteiger charge is -2.19. The summed E-state index contributed by atoms with van der Waals surface area (Å²) in [6, 6.07) is 20.8. The van der Waals surface area contributed by atoms with E-state index in [2.05, 4.69) is 48.5 Å². The largest absolute Gasteiger partial charge is 0.376 e. The summed E-state index contributed by atoms with van der Waals surface area (Å²) in [5.74, 6) is 0. The normalized spacial score (nSPS) is 18.0. The van der Waals surface area contributed by atoms with Crippen LogP contribution in [0.25, 0.3) is 0 Å². The van der Waals surface area contributed by atoms with Crippen LogP contribution in [0.5, 0.6) is 0 Å². The first-order valence-electron chi connectivity index (χ1n) is 7.57. The molecule has 1 fully saturated rings. The molecule has 0 bridgehead atoms. The second kappa shape index (κ2) is 8.63. The summed E-state index contributed by atoms with van der Waals surface area (Å²) in [7, 11) is 0. The first-order valence-corrected chi connectivity index (χ1v) is 9.33. The van der Waals surface area contributed by atoms with Gasteiger partial charge in [0.2, 0.25) is 0 Å². The van der Waals surface area contributed by atoms with Gasteiger partial charge in [-0.05, 0) is 37.1 Å². The summed E-state index contributed by atoms with van der Waals surface area (Å²) >= 11 is 3.50. The van der Waals surface area contributed by atoms with Gasteiger partial charge in [-0.15, -0.1) is 0 Å². The Labute approximate surface area is 140 Å². The van der Waals surface area contributed by atoms with E-state index in [9.17, 15) is 0 Å². The second-order valence-electron chi connectivity index (χ2n) is 5.12. The fourth-order valence-corrected chi connectivity index (χ4v) is 4.50. The number of ether oxygens (including phenoxy) is 2. The Balaban J connectivity index is 1.61. The van der Waals surface area contributed by atoms with Crippen LogP contribution in [-0.2, 0) is 9.47 Å². The first kappa shape index (κ1) is 15.9. The van der Waals surface area contributed by atoms with Gasteiger partial charge in [-0.25, -0.2) is 0 Å². The molecular formula is C18H20O2S2. The maximum absolute atomic E-state index is 6.13. The molecule has 2 nitrogen and oxygen atoms in total. The minimum atomic E-state index is 0.0361. The molecule has 2 aromatic carbocycles. The zero-order valence-corrected chi connectivity index (χ0v) is 14.0. The summed E-state index contributed by atoms with van der Waals surface area (Å²) in [6.45, 7) is 1.54. The van der Waals surface area contributed by atoms with E-state index in [1.54, 1.807) is 23.5 Å². The van der Waals surface area contributed by atoms with Crippen LogP contribution < -0.4 is 0 Å². The fraction of sp³-hybridized carbons (Fsp3) is 0.333. The Morgan fingerprint density at radius 1 is 0.955 bits per heavy atom. The summed E-state index contributed by atoms with van der Waals surface area (Å²) < 4.78 is 11.8. The Bertz CT molecular complexity index is 500. The van der Waals surface area contributed by atoms with Crippen molar-refractivity contribution in [2.75, 3.05) is 13.2 Å². The molecular weight excluding hydrogens is 312 g/mol. The molecule has 4 heteroatoms. The molecule has 2 aromatic rings. The third kappa shape index (κ3) is 5.06. The van der Waals surface area contributed by atoms with Gasteiger partial charge in [-0.2, -0.15) is 0 Å². The van der Waals surface area contributed by atoms with Gasteiger partial charge in [0.05, 0.1) is 12.7 Å². The minimum Gasteiger partial charge on any atom is -0.376 e. The van der Waals surface area contributed by atoms with Crippen molar-refractivity contribution in [3.05, 3.63) is 60.7 Å². The molecule has 0 aliphatic carbocycles. The zero-order valence-electron chi connectivity index (χ0n) is 12.4. The predicted molar refractivity (Wildman–Crippen MR) is 93.3 cm³/mol. The second-order valence-corrected chi connectivity index (χ2v) is 7.69. The highest BCUT2D eigenvalue weighted by Crippen LogP contribution is 2.36. The van der Waals surface area contributed by atoms with Gasteiger partial charge in [-0.3, -0.25) is 0 Å². The smallest absolute Gasteiger partial charge is 0.158 e. The molecule has 1 aliphatic rings. The van der Waals surface area contributed by atoms with Crippen LogP contribution >= 0.6 is 23.5 Å². The lowest BCUT2D eigenvalue weighted by atomic mass is 10.2. The van der Waals surface area contributed by atoms with Gasteiger partial charge in [0.1, 0.15) is 0 Å². The van der Waals surface area contributed by atoms with Crippen LogP contribution in [-0.4, -0.2) is 24.1 Å². The monoisotopic (exact) mass is 332 g/mol. The van der Waals surface area contributed by atoms with E-state index < -0.39 is 0 Å². The molecule has 0 spiro atoms. The van der Waals surface area contributed by atoms with Crippen molar-refractivity contribution < 1.29 is 9.47 Å². The lowest BCUT2D eigenvalue weighted by Crippen LogP contribution is -2.17. The van der Waals surface area contributed by atoms with Crippen molar-refractivity contribution in [3.8, 4) is 0 Å². The number of rotatable bonds is 7. The Kier molecular flexibility index (Phi) is 6.25. The molecule has 0 saturated carbocycles. The molecule has 1 saturated heterocycles. The molecule has 0 N–H and O–H groups in total. The molecule has 3 rings (SSSR count). The third-order valence-corrected chi connectivity index (χ3v) is 5.72. The average Bonchev–Trinajstić information content (AvgIpc) is 3.08. The van der Waals surface area contributed by atoms with Gasteiger partial charge in [0.25, 0.3) is 0 Å². The third-order valence-electron chi connectivity index (χ3n) is 3.39. The van der Waals surface area contributed by atoms with E-state index in [1.165, 1.54) is 9.79 Å². The van der Waals surface area contributed by atoms with E-state index >= 15 is 0 Å². The molecule has 0 amide bonds. The molecule has 0 aromatic heterocycles. The molecule has 116 valence electrons. The Morgan fingerprint density at radius 3 is 2.05 bits per heavy atom. The van der Waals surface area contributed by atoms with Crippen LogP contribution in [0.1, 0.15) is 12.8 Å². The van der Waals surface area contributed by atoms with Gasteiger partial charge >= 0.3 is 0 Å². The predicted octanol–water partition coefficient (Wildman–Crippen LogP) is 5.05. The molecule has 1 heterocycles. The maximum atomic E-state index is 6.13. The van der Waals surface area contributed by atoms with Crippen LogP contribution in [0.2, 0.25) is 0 Å². The van der Waals surface area contributed by atoms with Crippen LogP contribution in [0.15, 0.2) is 70.5 Å². The van der Waals surface area contributed by atoms with Crippen molar-refractivity contribution in [1.82, 2.24) is 0 Å². The summed E-state index contributed by atoms with van der Waals surface area (Å²) in [5, 5.41) is 0. The standard InChI is InChI=1S/C18H20O2S2/c1-3-9-16(10-4-1)21-18(20-14-15-8-7-13-19-15)22-17-11-5-2-6-12-17/h1-6,9-12,15,18H,7-8,13-14H2. The highest BCUT2D eigenvalue weighted by molar-refractivity contribution is 8.16. The first-order chi connectivity index (χ1) is 10.9. The number of hydrogen-bond donors (Lipinski definition) is 0. The topological polar surface area (TPSA) is 18.5 Å². The van der Waals surface area contributed by atoms with Gasteiger partial charge in [-0.1, -0.05) is 59.9 Å². The van der Waals surface area contributed by atoms with Crippen LogP contribution in [0.3, 0.4) is 0 Å². The lowest BCUT2D eigenvalue weighted by molar-refractivity contribution is 0.0266. The van der Waals surface area contributed by atoms with Crippen LogP contribution in [0, 0.1) is 0 Å². The van der Waals surface area contributed by atoms with E-state index in [0.717, 1.165) is 19.4 Å². The quantitative estimate of drug-likeness (QED) is 0.521. The minimum absolute atomic E-state index is 0.0361. The van der Waals surface area contributed by atoms with E-state index in [1.807, 2.05) is 12.1 Å². The maximum Gasteiger partial charge on any atom is 0.158 e. The van der Waals surface area contributed by atoms with E-state index in [0.29, 0.717) is 6.61 Å². The van der Waals surface area contributed by atoms with Crippen molar-refractivity contribution in [1.29, 1.82) is 0 Å². The highest BCUT2D eigenvalue weighted by atomic mass is 32.2. The van der Waals surface area contributed by atoms with Gasteiger partial charge in [0.15, 0.2) is 4.77 Å². The fourth-order valence-electron chi connectivity index (χ4n) is 2.27. The summed E-state index contributed by atoms with van der Waals surface area (Å²) in [5.41, 5.74) is 0. The van der Waals surface area contributed by atoms with E-state index in [4.69, 9.17) is 9.47 Å². The average molecular weight is 332 g/mol. The molecule has 1 unspecified atom stereocenters. The van der Waals surface area contributed by atoms with Crippen molar-refractivity contribution >= 4 is 23.5 Å². The molecule has 22 heavy (non-hydrogen) atoms. The Morgan fingerprint density at radius 2 is 1.55 bits per heavy atom. The Hall–Kier alpha value is -0.940. The van der Waals surface area contributed by atoms with Gasteiger partial charge in [0, 0.05) is 16.4 Å². The van der Waals surface area contributed by atoms with Crippen LogP contribution in [0.4, 0.5) is 0 Å². The number of thioether (sulfide) groups is 2. The van der Waals surface area contributed by atoms with Crippen molar-refractivity contribution in [2.45, 2.75) is 33.5 Å². The number of hydrogen-bond acceptors (Lipinski definition) is 4. The molecule has 1 aliphatic heterocycles. The SMILES string of the molecule is c1ccc(SC(OCC2CCCO2)Sc2ccccc2)cc1.